The minimum atomic E-state index is -0.167. The number of esters is 1. The normalized spacial score (nSPS) is 12.1. The first-order valence-corrected chi connectivity index (χ1v) is 6.77. The molecular weight excluding hydrogens is 216 g/mol. The molecule has 0 rings (SSSR count). The molecule has 0 aliphatic heterocycles. The van der Waals surface area contributed by atoms with Crippen LogP contribution in [0.15, 0.2) is 0 Å². The van der Waals surface area contributed by atoms with Crippen molar-refractivity contribution < 1.29 is 14.3 Å². The van der Waals surface area contributed by atoms with Gasteiger partial charge < -0.3 is 4.74 Å². The Labute approximate surface area is 105 Å². The predicted molar refractivity (Wildman–Crippen MR) is 68.4 cm³/mol. The molecule has 0 aromatic heterocycles. The van der Waals surface area contributed by atoms with Crippen LogP contribution in [0.3, 0.4) is 0 Å². The van der Waals surface area contributed by atoms with Crippen molar-refractivity contribution in [2.75, 3.05) is 6.61 Å². The molecule has 0 aromatic carbocycles. The lowest BCUT2D eigenvalue weighted by atomic mass is 9.97. The standard InChI is InChI=1S/C14H25O3/c1-3-5-6-7-9-13(12-15)10-8-11-17-14(16)4-2/h13H,3-11H2,1-2H3. The van der Waals surface area contributed by atoms with Gasteiger partial charge in [0.25, 0.3) is 0 Å². The van der Waals surface area contributed by atoms with Crippen LogP contribution in [0.4, 0.5) is 0 Å². The molecule has 0 saturated carbocycles. The van der Waals surface area contributed by atoms with Crippen LogP contribution in [-0.4, -0.2) is 18.9 Å². The molecule has 0 saturated heterocycles. The molecule has 0 aromatic rings. The average molecular weight is 241 g/mol. The van der Waals surface area contributed by atoms with Crippen LogP contribution >= 0.6 is 0 Å². The number of hydrogen-bond acceptors (Lipinski definition) is 3. The van der Waals surface area contributed by atoms with E-state index >= 15 is 0 Å². The van der Waals surface area contributed by atoms with Crippen molar-refractivity contribution >= 4 is 12.3 Å². The van der Waals surface area contributed by atoms with E-state index in [4.69, 9.17) is 4.74 Å². The Morgan fingerprint density at radius 2 is 1.82 bits per heavy atom. The molecule has 0 N–H and O–H groups in total. The molecule has 0 spiro atoms. The Morgan fingerprint density at radius 1 is 1.12 bits per heavy atom. The zero-order chi connectivity index (χ0) is 12.9. The summed E-state index contributed by atoms with van der Waals surface area (Å²) in [6, 6.07) is 0. The van der Waals surface area contributed by atoms with Gasteiger partial charge in [-0.05, 0) is 19.3 Å². The highest BCUT2D eigenvalue weighted by Crippen LogP contribution is 2.14. The van der Waals surface area contributed by atoms with Crippen LogP contribution in [0.5, 0.6) is 0 Å². The minimum Gasteiger partial charge on any atom is -0.466 e. The summed E-state index contributed by atoms with van der Waals surface area (Å²) in [7, 11) is 0. The number of carbonyl (C=O) groups is 1. The van der Waals surface area contributed by atoms with Gasteiger partial charge in [-0.2, -0.15) is 0 Å². The monoisotopic (exact) mass is 241 g/mol. The van der Waals surface area contributed by atoms with Crippen LogP contribution in [0.1, 0.15) is 65.2 Å². The van der Waals surface area contributed by atoms with Crippen LogP contribution in [-0.2, 0) is 14.3 Å². The highest BCUT2D eigenvalue weighted by molar-refractivity contribution is 5.68. The Hall–Kier alpha value is -0.860. The van der Waals surface area contributed by atoms with E-state index in [0.29, 0.717) is 13.0 Å². The molecule has 0 aliphatic rings. The minimum absolute atomic E-state index is 0.0205. The van der Waals surface area contributed by atoms with Gasteiger partial charge in [-0.3, -0.25) is 9.59 Å². The zero-order valence-corrected chi connectivity index (χ0v) is 11.2. The Kier molecular flexibility index (Phi) is 11.0. The second kappa shape index (κ2) is 11.6. The molecule has 0 aliphatic carbocycles. The van der Waals surface area contributed by atoms with Crippen molar-refractivity contribution in [3.8, 4) is 0 Å². The van der Waals surface area contributed by atoms with E-state index in [2.05, 4.69) is 13.2 Å². The molecule has 0 amide bonds. The molecular formula is C14H25O3. The number of unbranched alkanes of at least 4 members (excludes halogenated alkanes) is 3. The van der Waals surface area contributed by atoms with Crippen molar-refractivity contribution in [1.29, 1.82) is 0 Å². The largest absolute Gasteiger partial charge is 0.466 e. The van der Waals surface area contributed by atoms with Crippen molar-refractivity contribution in [1.82, 2.24) is 0 Å². The second-order valence-electron chi connectivity index (χ2n) is 4.38. The van der Waals surface area contributed by atoms with Crippen LogP contribution in [0.25, 0.3) is 0 Å². The third kappa shape index (κ3) is 10.0. The van der Waals surface area contributed by atoms with Gasteiger partial charge in [-0.25, -0.2) is 0 Å². The third-order valence-corrected chi connectivity index (χ3v) is 2.82. The van der Waals surface area contributed by atoms with Crippen molar-refractivity contribution in [3.05, 3.63) is 0 Å². The number of carbonyl (C=O) groups excluding carboxylic acids is 2. The molecule has 0 fully saturated rings. The number of hydrogen-bond donors (Lipinski definition) is 0. The molecule has 3 heteroatoms. The van der Waals surface area contributed by atoms with E-state index in [-0.39, 0.29) is 11.9 Å². The van der Waals surface area contributed by atoms with Crippen molar-refractivity contribution in [2.45, 2.75) is 65.2 Å². The molecule has 1 unspecified atom stereocenters. The van der Waals surface area contributed by atoms with E-state index in [0.717, 1.165) is 25.7 Å². The third-order valence-electron chi connectivity index (χ3n) is 2.82. The highest BCUT2D eigenvalue weighted by Gasteiger charge is 2.08. The molecule has 1 radical (unpaired) electrons. The fourth-order valence-corrected chi connectivity index (χ4v) is 1.70. The summed E-state index contributed by atoms with van der Waals surface area (Å²) in [5.41, 5.74) is 0. The quantitative estimate of drug-likeness (QED) is 0.411. The molecule has 1 atom stereocenters. The summed E-state index contributed by atoms with van der Waals surface area (Å²) in [5, 5.41) is 0. The first-order valence-electron chi connectivity index (χ1n) is 6.77. The summed E-state index contributed by atoms with van der Waals surface area (Å²) in [6.45, 7) is 4.38. The fourth-order valence-electron chi connectivity index (χ4n) is 1.70. The van der Waals surface area contributed by atoms with E-state index < -0.39 is 0 Å². The summed E-state index contributed by atoms with van der Waals surface area (Å²) >= 11 is 0. The van der Waals surface area contributed by atoms with E-state index in [1.165, 1.54) is 19.3 Å². The summed E-state index contributed by atoms with van der Waals surface area (Å²) in [4.78, 5) is 21.6. The fraction of sp³-hybridized carbons (Fsp3) is 0.857. The number of ether oxygens (including phenoxy) is 1. The van der Waals surface area contributed by atoms with Crippen LogP contribution < -0.4 is 0 Å². The van der Waals surface area contributed by atoms with Gasteiger partial charge in [0, 0.05) is 12.3 Å². The summed E-state index contributed by atoms with van der Waals surface area (Å²) < 4.78 is 4.96. The van der Waals surface area contributed by atoms with Gasteiger partial charge in [0.05, 0.1) is 6.61 Å². The van der Waals surface area contributed by atoms with E-state index in [9.17, 15) is 9.59 Å². The summed E-state index contributed by atoms with van der Waals surface area (Å²) in [6.07, 6.45) is 9.72. The number of rotatable bonds is 11. The van der Waals surface area contributed by atoms with Gasteiger partial charge >= 0.3 is 5.97 Å². The molecule has 0 bridgehead atoms. The maximum atomic E-state index is 10.9. The van der Waals surface area contributed by atoms with Gasteiger partial charge in [0.2, 0.25) is 6.29 Å². The first-order chi connectivity index (χ1) is 8.24. The second-order valence-corrected chi connectivity index (χ2v) is 4.38. The summed E-state index contributed by atoms with van der Waals surface area (Å²) in [5.74, 6) is -0.147. The van der Waals surface area contributed by atoms with E-state index in [1.54, 1.807) is 6.92 Å². The molecule has 99 valence electrons. The predicted octanol–water partition coefficient (Wildman–Crippen LogP) is 3.42. The smallest absolute Gasteiger partial charge is 0.305 e. The first kappa shape index (κ1) is 16.1. The molecule has 0 heterocycles. The molecule has 17 heavy (non-hydrogen) atoms. The van der Waals surface area contributed by atoms with Gasteiger partial charge in [-0.15, -0.1) is 0 Å². The maximum Gasteiger partial charge on any atom is 0.305 e. The zero-order valence-electron chi connectivity index (χ0n) is 11.2. The topological polar surface area (TPSA) is 43.4 Å². The average Bonchev–Trinajstić information content (AvgIpc) is 2.36. The SMILES string of the molecule is CCCCCCC([C]=O)CCCOC(=O)CC. The van der Waals surface area contributed by atoms with Crippen LogP contribution in [0, 0.1) is 5.92 Å². The van der Waals surface area contributed by atoms with Crippen molar-refractivity contribution in [2.24, 2.45) is 5.92 Å². The van der Waals surface area contributed by atoms with Gasteiger partial charge in [-0.1, -0.05) is 39.5 Å². The Morgan fingerprint density at radius 3 is 2.41 bits per heavy atom. The highest BCUT2D eigenvalue weighted by atomic mass is 16.5. The molecule has 3 nitrogen and oxygen atoms in total. The Balaban J connectivity index is 3.47. The van der Waals surface area contributed by atoms with Gasteiger partial charge in [0.15, 0.2) is 0 Å². The van der Waals surface area contributed by atoms with Crippen molar-refractivity contribution in [3.63, 3.8) is 0 Å². The Bertz CT molecular complexity index is 202. The van der Waals surface area contributed by atoms with E-state index in [1.807, 2.05) is 0 Å². The lowest BCUT2D eigenvalue weighted by Crippen LogP contribution is -2.07. The van der Waals surface area contributed by atoms with Crippen LogP contribution in [0.2, 0.25) is 0 Å². The maximum absolute atomic E-state index is 10.9. The van der Waals surface area contributed by atoms with Gasteiger partial charge in [0.1, 0.15) is 0 Å². The lowest BCUT2D eigenvalue weighted by molar-refractivity contribution is -0.143. The lowest BCUT2D eigenvalue weighted by Gasteiger charge is -2.09.